The highest BCUT2D eigenvalue weighted by atomic mass is 32.1. The minimum Gasteiger partial charge on any atom is -0.482 e. The van der Waals surface area contributed by atoms with Gasteiger partial charge >= 0.3 is 0 Å². The first-order chi connectivity index (χ1) is 10.1. The molecule has 21 heavy (non-hydrogen) atoms. The van der Waals surface area contributed by atoms with E-state index in [1.165, 1.54) is 4.88 Å². The minimum atomic E-state index is -0.327. The van der Waals surface area contributed by atoms with Gasteiger partial charge in [-0.1, -0.05) is 12.1 Å². The number of fused-ring (bicyclic) bond motifs is 3. The van der Waals surface area contributed by atoms with Gasteiger partial charge in [0.05, 0.1) is 17.2 Å². The van der Waals surface area contributed by atoms with Crippen molar-refractivity contribution in [1.82, 2.24) is 10.3 Å². The lowest BCUT2D eigenvalue weighted by molar-refractivity contribution is 0.109. The Balaban J connectivity index is 1.89. The number of nitrogens with zero attached hydrogens (tertiary/aromatic N) is 1. The van der Waals surface area contributed by atoms with E-state index in [-0.39, 0.29) is 5.60 Å². The molecule has 2 heterocycles. The first-order valence-corrected chi connectivity index (χ1v) is 7.92. The zero-order valence-corrected chi connectivity index (χ0v) is 13.4. The number of hydrogen-bond acceptors (Lipinski definition) is 5. The van der Waals surface area contributed by atoms with Crippen molar-refractivity contribution in [2.24, 2.45) is 0 Å². The number of para-hydroxylation sites is 1. The third kappa shape index (κ3) is 2.81. The SMILES string of the molecule is COCCNCc1nc2c(s1)C(C)(C)Oc1ccccc1-2. The molecule has 3 rings (SSSR count). The van der Waals surface area contributed by atoms with E-state index in [1.807, 2.05) is 18.2 Å². The summed E-state index contributed by atoms with van der Waals surface area (Å²) in [7, 11) is 1.71. The Kier molecular flexibility index (Phi) is 3.97. The Morgan fingerprint density at radius 2 is 2.14 bits per heavy atom. The molecule has 1 aromatic heterocycles. The van der Waals surface area contributed by atoms with Gasteiger partial charge in [0.15, 0.2) is 0 Å². The van der Waals surface area contributed by atoms with E-state index in [1.54, 1.807) is 18.4 Å². The number of ether oxygens (including phenoxy) is 2. The van der Waals surface area contributed by atoms with Crippen molar-refractivity contribution < 1.29 is 9.47 Å². The molecule has 2 aromatic rings. The highest BCUT2D eigenvalue weighted by molar-refractivity contribution is 7.12. The van der Waals surface area contributed by atoms with Crippen molar-refractivity contribution in [1.29, 1.82) is 0 Å². The molecule has 0 aliphatic carbocycles. The van der Waals surface area contributed by atoms with E-state index in [2.05, 4.69) is 25.2 Å². The first-order valence-electron chi connectivity index (χ1n) is 7.10. The molecule has 1 N–H and O–H groups in total. The average molecular weight is 304 g/mol. The molecule has 0 radical (unpaired) electrons. The second kappa shape index (κ2) is 5.75. The van der Waals surface area contributed by atoms with Crippen molar-refractivity contribution in [3.8, 4) is 17.0 Å². The summed E-state index contributed by atoms with van der Waals surface area (Å²) in [6.45, 7) is 6.50. The van der Waals surface area contributed by atoms with Gasteiger partial charge in [0.25, 0.3) is 0 Å². The second-order valence-corrected chi connectivity index (χ2v) is 6.65. The molecule has 0 spiro atoms. The molecule has 1 aliphatic heterocycles. The molecule has 0 fully saturated rings. The van der Waals surface area contributed by atoms with Crippen molar-refractivity contribution >= 4 is 11.3 Å². The highest BCUT2D eigenvalue weighted by Crippen LogP contribution is 2.46. The maximum absolute atomic E-state index is 6.13. The maximum Gasteiger partial charge on any atom is 0.140 e. The topological polar surface area (TPSA) is 43.4 Å². The van der Waals surface area contributed by atoms with Gasteiger partial charge < -0.3 is 14.8 Å². The summed E-state index contributed by atoms with van der Waals surface area (Å²) in [6.07, 6.45) is 0. The van der Waals surface area contributed by atoms with E-state index in [4.69, 9.17) is 14.5 Å². The maximum atomic E-state index is 6.13. The lowest BCUT2D eigenvalue weighted by atomic mass is 9.97. The van der Waals surface area contributed by atoms with Crippen LogP contribution in [0, 0.1) is 0 Å². The van der Waals surface area contributed by atoms with E-state index < -0.39 is 0 Å². The molecule has 0 atom stereocenters. The Labute approximate surface area is 129 Å². The van der Waals surface area contributed by atoms with Gasteiger partial charge in [0.2, 0.25) is 0 Å². The van der Waals surface area contributed by atoms with Crippen molar-refractivity contribution in [2.75, 3.05) is 20.3 Å². The van der Waals surface area contributed by atoms with Crippen LogP contribution in [0.4, 0.5) is 0 Å². The van der Waals surface area contributed by atoms with Crippen LogP contribution in [0.25, 0.3) is 11.3 Å². The monoisotopic (exact) mass is 304 g/mol. The molecular formula is C16H20N2O2S. The minimum absolute atomic E-state index is 0.327. The van der Waals surface area contributed by atoms with Gasteiger partial charge in [0.1, 0.15) is 16.4 Å². The van der Waals surface area contributed by atoms with E-state index in [0.29, 0.717) is 6.61 Å². The van der Waals surface area contributed by atoms with Crippen LogP contribution < -0.4 is 10.1 Å². The summed E-state index contributed by atoms with van der Waals surface area (Å²) in [5.41, 5.74) is 1.83. The van der Waals surface area contributed by atoms with E-state index >= 15 is 0 Å². The van der Waals surface area contributed by atoms with Crippen LogP contribution >= 0.6 is 11.3 Å². The fourth-order valence-electron chi connectivity index (χ4n) is 2.47. The predicted octanol–water partition coefficient (Wildman–Crippen LogP) is 3.17. The van der Waals surface area contributed by atoms with Gasteiger partial charge in [-0.2, -0.15) is 0 Å². The zero-order chi connectivity index (χ0) is 14.9. The number of aromatic nitrogens is 1. The average Bonchev–Trinajstić information content (AvgIpc) is 2.89. The van der Waals surface area contributed by atoms with Gasteiger partial charge in [0, 0.05) is 25.8 Å². The Hall–Kier alpha value is -1.43. The Morgan fingerprint density at radius 3 is 2.95 bits per heavy atom. The number of thiazole rings is 1. The van der Waals surface area contributed by atoms with Crippen LogP contribution in [0.1, 0.15) is 23.7 Å². The van der Waals surface area contributed by atoms with E-state index in [9.17, 15) is 0 Å². The lowest BCUT2D eigenvalue weighted by Gasteiger charge is -2.31. The molecule has 1 aromatic carbocycles. The fourth-order valence-corrected chi connectivity index (χ4v) is 3.56. The van der Waals surface area contributed by atoms with Crippen LogP contribution in [0.5, 0.6) is 5.75 Å². The van der Waals surface area contributed by atoms with Crippen LogP contribution in [0.15, 0.2) is 24.3 Å². The summed E-state index contributed by atoms with van der Waals surface area (Å²) in [6, 6.07) is 8.11. The lowest BCUT2D eigenvalue weighted by Crippen LogP contribution is -2.27. The Bertz CT molecular complexity index is 637. The van der Waals surface area contributed by atoms with Crippen molar-refractivity contribution in [2.45, 2.75) is 26.0 Å². The first kappa shape index (κ1) is 14.5. The molecule has 0 amide bonds. The molecule has 4 nitrogen and oxygen atoms in total. The van der Waals surface area contributed by atoms with Crippen LogP contribution in [-0.4, -0.2) is 25.2 Å². The number of hydrogen-bond donors (Lipinski definition) is 1. The highest BCUT2D eigenvalue weighted by Gasteiger charge is 2.35. The van der Waals surface area contributed by atoms with Crippen LogP contribution in [0.2, 0.25) is 0 Å². The third-order valence-corrected chi connectivity index (χ3v) is 4.85. The smallest absolute Gasteiger partial charge is 0.140 e. The summed E-state index contributed by atoms with van der Waals surface area (Å²) >= 11 is 1.72. The molecule has 0 bridgehead atoms. The molecule has 0 unspecified atom stereocenters. The molecule has 5 heteroatoms. The summed E-state index contributed by atoms with van der Waals surface area (Å²) in [5.74, 6) is 0.916. The van der Waals surface area contributed by atoms with Crippen molar-refractivity contribution in [3.63, 3.8) is 0 Å². The number of rotatable bonds is 5. The molecule has 0 saturated carbocycles. The largest absolute Gasteiger partial charge is 0.482 e. The summed E-state index contributed by atoms with van der Waals surface area (Å²) in [5, 5.41) is 4.43. The van der Waals surface area contributed by atoms with E-state index in [0.717, 1.165) is 35.1 Å². The predicted molar refractivity (Wildman–Crippen MR) is 84.8 cm³/mol. The van der Waals surface area contributed by atoms with Crippen LogP contribution in [0.3, 0.4) is 0 Å². The number of nitrogens with one attached hydrogen (secondary N) is 1. The van der Waals surface area contributed by atoms with Gasteiger partial charge in [-0.05, 0) is 26.0 Å². The van der Waals surface area contributed by atoms with Crippen LogP contribution in [-0.2, 0) is 16.9 Å². The van der Waals surface area contributed by atoms with Gasteiger partial charge in [-0.15, -0.1) is 11.3 Å². The summed E-state index contributed by atoms with van der Waals surface area (Å²) in [4.78, 5) is 6.02. The second-order valence-electron chi connectivity index (χ2n) is 5.56. The fraction of sp³-hybridized carbons (Fsp3) is 0.438. The van der Waals surface area contributed by atoms with Gasteiger partial charge in [-0.3, -0.25) is 0 Å². The normalized spacial score (nSPS) is 15.2. The third-order valence-electron chi connectivity index (χ3n) is 3.48. The zero-order valence-electron chi connectivity index (χ0n) is 12.6. The quantitative estimate of drug-likeness (QED) is 0.862. The number of benzene rings is 1. The van der Waals surface area contributed by atoms with Crippen molar-refractivity contribution in [3.05, 3.63) is 34.2 Å². The summed E-state index contributed by atoms with van der Waals surface area (Å²) < 4.78 is 11.2. The molecule has 112 valence electrons. The van der Waals surface area contributed by atoms with Gasteiger partial charge in [-0.25, -0.2) is 4.98 Å². The standard InChI is InChI=1S/C16H20N2O2S/c1-16(2)15-14(11-6-4-5-7-12(11)20-16)18-13(21-15)10-17-8-9-19-3/h4-7,17H,8-10H2,1-3H3. The Morgan fingerprint density at radius 1 is 1.33 bits per heavy atom. The molecule has 0 saturated heterocycles. The molecular weight excluding hydrogens is 284 g/mol. The number of methoxy groups -OCH3 is 1. The molecule has 1 aliphatic rings.